The smallest absolute Gasteiger partial charge is 0.257 e. The van der Waals surface area contributed by atoms with Crippen molar-refractivity contribution in [2.24, 2.45) is 0 Å². The number of nitrogens with one attached hydrogen (secondary N) is 1. The molecule has 0 aliphatic heterocycles. The summed E-state index contributed by atoms with van der Waals surface area (Å²) in [5.41, 5.74) is 5.28. The number of halogens is 2. The van der Waals surface area contributed by atoms with E-state index in [-0.39, 0.29) is 5.91 Å². The van der Waals surface area contributed by atoms with Crippen LogP contribution in [0.25, 0.3) is 16.7 Å². The number of carbonyl (C=O) groups excluding carboxylic acids is 1. The second-order valence-corrected chi connectivity index (χ2v) is 8.26. The average Bonchev–Trinajstić information content (AvgIpc) is 3.19. The lowest BCUT2D eigenvalue weighted by Gasteiger charge is -2.20. The second-order valence-electron chi connectivity index (χ2n) is 7.41. The summed E-state index contributed by atoms with van der Waals surface area (Å²) >= 11 is 12.2. The van der Waals surface area contributed by atoms with Crippen LogP contribution >= 0.6 is 23.2 Å². The number of rotatable bonds is 6. The first-order chi connectivity index (χ1) is 15.4. The molecule has 0 saturated heterocycles. The summed E-state index contributed by atoms with van der Waals surface area (Å²) in [5, 5.41) is 12.9. The Labute approximate surface area is 196 Å². The lowest BCUT2D eigenvalue weighted by atomic mass is 10.1. The van der Waals surface area contributed by atoms with E-state index in [4.69, 9.17) is 23.2 Å². The van der Waals surface area contributed by atoms with Gasteiger partial charge in [-0.15, -0.1) is 10.2 Å². The molecule has 1 aromatic heterocycles. The Bertz CT molecular complexity index is 1280. The molecule has 0 fully saturated rings. The van der Waals surface area contributed by atoms with Crippen LogP contribution in [0.5, 0.6) is 0 Å². The lowest BCUT2D eigenvalue weighted by molar-refractivity contribution is 0.102. The quantitative estimate of drug-likeness (QED) is 0.370. The van der Waals surface area contributed by atoms with Crippen LogP contribution in [0, 0.1) is 6.92 Å². The number of nitrogens with zero attached hydrogens (tertiary/aromatic N) is 4. The SMILES string of the molecule is CCN(CC)c1ccc(-n2nc3cc(C)c(NC(=O)c4cc(Cl)ccc4Cl)cc3n2)cc1. The minimum absolute atomic E-state index is 0.315. The van der Waals surface area contributed by atoms with Gasteiger partial charge in [0, 0.05) is 29.5 Å². The minimum atomic E-state index is -0.334. The average molecular weight is 468 g/mol. The fourth-order valence-electron chi connectivity index (χ4n) is 3.56. The van der Waals surface area contributed by atoms with Crippen LogP contribution in [0.1, 0.15) is 29.8 Å². The largest absolute Gasteiger partial charge is 0.372 e. The molecule has 8 heteroatoms. The first-order valence-corrected chi connectivity index (χ1v) is 11.1. The third-order valence-electron chi connectivity index (χ3n) is 5.36. The van der Waals surface area contributed by atoms with Gasteiger partial charge in [0.2, 0.25) is 0 Å². The summed E-state index contributed by atoms with van der Waals surface area (Å²) in [5.74, 6) is -0.334. The number of hydrogen-bond acceptors (Lipinski definition) is 4. The van der Waals surface area contributed by atoms with Crippen molar-refractivity contribution < 1.29 is 4.79 Å². The molecule has 3 aromatic carbocycles. The molecule has 0 atom stereocenters. The molecule has 0 spiro atoms. The molecule has 1 heterocycles. The fraction of sp³-hybridized carbons (Fsp3) is 0.208. The van der Waals surface area contributed by atoms with Crippen LogP contribution in [0.2, 0.25) is 10.0 Å². The highest BCUT2D eigenvalue weighted by Crippen LogP contribution is 2.26. The first kappa shape index (κ1) is 22.1. The molecule has 0 bridgehead atoms. The number of hydrogen-bond donors (Lipinski definition) is 1. The van der Waals surface area contributed by atoms with E-state index in [0.29, 0.717) is 26.8 Å². The Morgan fingerprint density at radius 2 is 1.62 bits per heavy atom. The number of amides is 1. The summed E-state index contributed by atoms with van der Waals surface area (Å²) in [6.07, 6.45) is 0. The molecule has 4 aromatic rings. The molecule has 0 saturated carbocycles. The van der Waals surface area contributed by atoms with Crippen molar-refractivity contribution in [1.82, 2.24) is 15.0 Å². The summed E-state index contributed by atoms with van der Waals surface area (Å²) in [7, 11) is 0. The predicted molar refractivity (Wildman–Crippen MR) is 132 cm³/mol. The van der Waals surface area contributed by atoms with Crippen molar-refractivity contribution >= 4 is 51.5 Å². The Kier molecular flexibility index (Phi) is 6.35. The Hall–Kier alpha value is -3.09. The van der Waals surface area contributed by atoms with Gasteiger partial charge >= 0.3 is 0 Å². The van der Waals surface area contributed by atoms with E-state index in [1.165, 1.54) is 0 Å². The second kappa shape index (κ2) is 9.18. The monoisotopic (exact) mass is 467 g/mol. The number of benzene rings is 3. The maximum absolute atomic E-state index is 12.7. The zero-order valence-electron chi connectivity index (χ0n) is 18.1. The molecule has 1 N–H and O–H groups in total. The zero-order valence-corrected chi connectivity index (χ0v) is 19.6. The van der Waals surface area contributed by atoms with Gasteiger partial charge in [0.1, 0.15) is 11.0 Å². The van der Waals surface area contributed by atoms with Crippen LogP contribution in [-0.4, -0.2) is 34.0 Å². The standard InChI is InChI=1S/C24H23Cl2N5O/c1-4-30(5-2)17-7-9-18(10-8-17)31-28-22-12-15(3)21(14-23(22)29-31)27-24(32)19-13-16(25)6-11-20(19)26/h6-14H,4-5H2,1-3H3,(H,27,32). The van der Waals surface area contributed by atoms with E-state index in [9.17, 15) is 4.79 Å². The molecule has 1 amide bonds. The van der Waals surface area contributed by atoms with Crippen molar-refractivity contribution in [2.75, 3.05) is 23.3 Å². The topological polar surface area (TPSA) is 63.1 Å². The van der Waals surface area contributed by atoms with E-state index in [1.54, 1.807) is 23.0 Å². The highest BCUT2D eigenvalue weighted by atomic mass is 35.5. The molecule has 0 unspecified atom stereocenters. The van der Waals surface area contributed by atoms with E-state index < -0.39 is 0 Å². The van der Waals surface area contributed by atoms with Crippen LogP contribution < -0.4 is 10.2 Å². The summed E-state index contributed by atoms with van der Waals surface area (Å²) in [6, 6.07) is 16.7. The van der Waals surface area contributed by atoms with Gasteiger partial charge in [-0.3, -0.25) is 4.79 Å². The van der Waals surface area contributed by atoms with Gasteiger partial charge < -0.3 is 10.2 Å². The van der Waals surface area contributed by atoms with E-state index in [1.807, 2.05) is 31.2 Å². The van der Waals surface area contributed by atoms with Gasteiger partial charge in [-0.05, 0) is 80.9 Å². The van der Waals surface area contributed by atoms with Crippen molar-refractivity contribution in [3.8, 4) is 5.69 Å². The number of aryl methyl sites for hydroxylation is 1. The lowest BCUT2D eigenvalue weighted by Crippen LogP contribution is -2.21. The molecular weight excluding hydrogens is 445 g/mol. The van der Waals surface area contributed by atoms with Crippen molar-refractivity contribution in [3.05, 3.63) is 75.8 Å². The molecule has 0 radical (unpaired) electrons. The molecule has 32 heavy (non-hydrogen) atoms. The van der Waals surface area contributed by atoms with Gasteiger partial charge in [-0.1, -0.05) is 23.2 Å². The number of fused-ring (bicyclic) bond motifs is 1. The van der Waals surface area contributed by atoms with Gasteiger partial charge in [-0.25, -0.2) is 0 Å². The van der Waals surface area contributed by atoms with Crippen LogP contribution in [0.3, 0.4) is 0 Å². The maximum atomic E-state index is 12.7. The predicted octanol–water partition coefficient (Wildman–Crippen LogP) is 6.13. The van der Waals surface area contributed by atoms with E-state index in [0.717, 1.165) is 35.5 Å². The van der Waals surface area contributed by atoms with E-state index >= 15 is 0 Å². The minimum Gasteiger partial charge on any atom is -0.372 e. The molecule has 164 valence electrons. The molecular formula is C24H23Cl2N5O. The molecule has 0 aliphatic rings. The van der Waals surface area contributed by atoms with Crippen LogP contribution in [0.4, 0.5) is 11.4 Å². The van der Waals surface area contributed by atoms with Gasteiger partial charge in [0.15, 0.2) is 0 Å². The van der Waals surface area contributed by atoms with Gasteiger partial charge in [0.05, 0.1) is 16.3 Å². The van der Waals surface area contributed by atoms with Crippen molar-refractivity contribution in [2.45, 2.75) is 20.8 Å². The number of anilines is 2. The molecule has 4 rings (SSSR count). The highest BCUT2D eigenvalue weighted by Gasteiger charge is 2.15. The summed E-state index contributed by atoms with van der Waals surface area (Å²) in [4.78, 5) is 16.6. The Balaban J connectivity index is 1.62. The normalized spacial score (nSPS) is 11.0. The van der Waals surface area contributed by atoms with Gasteiger partial charge in [0.25, 0.3) is 5.91 Å². The summed E-state index contributed by atoms with van der Waals surface area (Å²) in [6.45, 7) is 8.09. The Morgan fingerprint density at radius 3 is 2.28 bits per heavy atom. The summed E-state index contributed by atoms with van der Waals surface area (Å²) < 4.78 is 0. The molecule has 6 nitrogen and oxygen atoms in total. The van der Waals surface area contributed by atoms with Gasteiger partial charge in [-0.2, -0.15) is 4.80 Å². The number of carbonyl (C=O) groups is 1. The number of aromatic nitrogens is 3. The van der Waals surface area contributed by atoms with Crippen LogP contribution in [-0.2, 0) is 0 Å². The zero-order chi connectivity index (χ0) is 22.8. The maximum Gasteiger partial charge on any atom is 0.257 e. The third kappa shape index (κ3) is 4.42. The van der Waals surface area contributed by atoms with E-state index in [2.05, 4.69) is 46.4 Å². The molecule has 0 aliphatic carbocycles. The van der Waals surface area contributed by atoms with Crippen molar-refractivity contribution in [3.63, 3.8) is 0 Å². The Morgan fingerprint density at radius 1 is 0.969 bits per heavy atom. The van der Waals surface area contributed by atoms with Crippen molar-refractivity contribution in [1.29, 1.82) is 0 Å². The first-order valence-electron chi connectivity index (χ1n) is 10.4. The van der Waals surface area contributed by atoms with Crippen LogP contribution in [0.15, 0.2) is 54.6 Å². The highest BCUT2D eigenvalue weighted by molar-refractivity contribution is 6.36. The third-order valence-corrected chi connectivity index (χ3v) is 5.92. The fourth-order valence-corrected chi connectivity index (χ4v) is 3.94.